The molecule has 0 saturated carbocycles. The fraction of sp³-hybridized carbons (Fsp3) is 0.278. The first-order chi connectivity index (χ1) is 11.1. The molecule has 2 rings (SSSR count). The van der Waals surface area contributed by atoms with E-state index in [0.717, 1.165) is 16.7 Å². The van der Waals surface area contributed by atoms with Gasteiger partial charge in [0.25, 0.3) is 0 Å². The molecule has 0 aliphatic heterocycles. The zero-order valence-corrected chi connectivity index (χ0v) is 14.7. The van der Waals surface area contributed by atoms with E-state index in [1.807, 2.05) is 24.3 Å². The van der Waals surface area contributed by atoms with Crippen molar-refractivity contribution in [1.29, 1.82) is 0 Å². The van der Waals surface area contributed by atoms with Crippen LogP contribution in [0.1, 0.15) is 36.7 Å². The highest BCUT2D eigenvalue weighted by atomic mass is 32.2. The first-order valence-electron chi connectivity index (χ1n) is 7.53. The zero-order chi connectivity index (χ0) is 18.0. The second kappa shape index (κ2) is 6.75. The Labute approximate surface area is 142 Å². The molecule has 0 fully saturated rings. The average Bonchev–Trinajstić information content (AvgIpc) is 2.52. The maximum Gasteiger partial charge on any atom is 0.335 e. The van der Waals surface area contributed by atoms with Crippen molar-refractivity contribution in [3.05, 3.63) is 59.7 Å². The number of sulfonamides is 1. The molecule has 0 aliphatic carbocycles. The lowest BCUT2D eigenvalue weighted by Gasteiger charge is -2.20. The van der Waals surface area contributed by atoms with E-state index in [2.05, 4.69) is 4.72 Å². The van der Waals surface area contributed by atoms with Crippen LogP contribution in [0.3, 0.4) is 0 Å². The minimum atomic E-state index is -3.44. The Morgan fingerprint density at radius 2 is 1.62 bits per heavy atom. The van der Waals surface area contributed by atoms with E-state index in [1.165, 1.54) is 12.1 Å². The molecule has 0 heterocycles. The standard InChI is InChI=1S/C18H21NO4S/c1-18(2,3)24(22,23)19-12-15-6-4-5-7-16(15)13-8-10-14(11-9-13)17(20)21/h4-11,19H,12H2,1-3H3,(H,20,21). The van der Waals surface area contributed by atoms with Crippen LogP contribution in [-0.2, 0) is 16.6 Å². The smallest absolute Gasteiger partial charge is 0.335 e. The molecular formula is C18H21NO4S. The summed E-state index contributed by atoms with van der Waals surface area (Å²) < 4.78 is 26.2. The number of hydrogen-bond donors (Lipinski definition) is 2. The van der Waals surface area contributed by atoms with Gasteiger partial charge in [-0.05, 0) is 49.6 Å². The SMILES string of the molecule is CC(C)(C)S(=O)(=O)NCc1ccccc1-c1ccc(C(=O)O)cc1. The molecule has 5 nitrogen and oxygen atoms in total. The van der Waals surface area contributed by atoms with Gasteiger partial charge in [0, 0.05) is 6.54 Å². The first kappa shape index (κ1) is 18.2. The van der Waals surface area contributed by atoms with Crippen molar-refractivity contribution in [2.45, 2.75) is 32.1 Å². The molecular weight excluding hydrogens is 326 g/mol. The number of aromatic carboxylic acids is 1. The van der Waals surface area contributed by atoms with Crippen molar-refractivity contribution in [2.24, 2.45) is 0 Å². The van der Waals surface area contributed by atoms with E-state index < -0.39 is 20.7 Å². The van der Waals surface area contributed by atoms with Crippen LogP contribution in [0, 0.1) is 0 Å². The molecule has 2 aromatic rings. The fourth-order valence-electron chi connectivity index (χ4n) is 2.14. The molecule has 0 spiro atoms. The highest BCUT2D eigenvalue weighted by Gasteiger charge is 2.28. The highest BCUT2D eigenvalue weighted by molar-refractivity contribution is 7.90. The molecule has 0 aromatic heterocycles. The van der Waals surface area contributed by atoms with E-state index in [0.29, 0.717) is 0 Å². The van der Waals surface area contributed by atoms with Crippen molar-refractivity contribution < 1.29 is 18.3 Å². The number of rotatable bonds is 5. The summed E-state index contributed by atoms with van der Waals surface area (Å²) in [6.45, 7) is 5.11. The Hall–Kier alpha value is -2.18. The third-order valence-electron chi connectivity index (χ3n) is 3.72. The van der Waals surface area contributed by atoms with Gasteiger partial charge in [-0.15, -0.1) is 0 Å². The Morgan fingerprint density at radius 3 is 2.17 bits per heavy atom. The van der Waals surface area contributed by atoms with Gasteiger partial charge in [-0.2, -0.15) is 0 Å². The molecule has 2 aromatic carbocycles. The Kier molecular flexibility index (Phi) is 5.11. The van der Waals surface area contributed by atoms with Crippen molar-refractivity contribution in [1.82, 2.24) is 4.72 Å². The van der Waals surface area contributed by atoms with E-state index in [-0.39, 0.29) is 12.1 Å². The monoisotopic (exact) mass is 347 g/mol. The summed E-state index contributed by atoms with van der Waals surface area (Å²) in [5, 5.41) is 8.97. The van der Waals surface area contributed by atoms with Gasteiger partial charge in [0.15, 0.2) is 0 Å². The number of carbonyl (C=O) groups is 1. The maximum atomic E-state index is 12.2. The third-order valence-corrected chi connectivity index (χ3v) is 5.86. The minimum Gasteiger partial charge on any atom is -0.478 e. The van der Waals surface area contributed by atoms with Crippen LogP contribution < -0.4 is 4.72 Å². The van der Waals surface area contributed by atoms with Crippen LogP contribution in [0.2, 0.25) is 0 Å². The third kappa shape index (κ3) is 4.01. The number of carboxylic acid groups (broad SMARTS) is 1. The van der Waals surface area contributed by atoms with Crippen LogP contribution in [0.5, 0.6) is 0 Å². The maximum absolute atomic E-state index is 12.2. The molecule has 0 atom stereocenters. The summed E-state index contributed by atoms with van der Waals surface area (Å²) in [6.07, 6.45) is 0. The molecule has 0 radical (unpaired) electrons. The van der Waals surface area contributed by atoms with Gasteiger partial charge in [-0.1, -0.05) is 36.4 Å². The quantitative estimate of drug-likeness (QED) is 0.869. The van der Waals surface area contributed by atoms with Gasteiger partial charge >= 0.3 is 5.97 Å². The van der Waals surface area contributed by atoms with Crippen LogP contribution in [0.25, 0.3) is 11.1 Å². The van der Waals surface area contributed by atoms with Gasteiger partial charge < -0.3 is 5.11 Å². The highest BCUT2D eigenvalue weighted by Crippen LogP contribution is 2.25. The van der Waals surface area contributed by atoms with Gasteiger partial charge in [0.1, 0.15) is 0 Å². The molecule has 0 saturated heterocycles. The summed E-state index contributed by atoms with van der Waals surface area (Å²) in [4.78, 5) is 10.9. The molecule has 0 bridgehead atoms. The Balaban J connectivity index is 2.30. The zero-order valence-electron chi connectivity index (χ0n) is 13.9. The molecule has 24 heavy (non-hydrogen) atoms. The molecule has 2 N–H and O–H groups in total. The molecule has 6 heteroatoms. The molecule has 0 unspecified atom stereocenters. The molecule has 0 aliphatic rings. The summed E-state index contributed by atoms with van der Waals surface area (Å²) in [6, 6.07) is 14.0. The predicted molar refractivity (Wildman–Crippen MR) is 94.3 cm³/mol. The molecule has 0 amide bonds. The summed E-state index contributed by atoms with van der Waals surface area (Å²) in [5.74, 6) is -0.979. The first-order valence-corrected chi connectivity index (χ1v) is 9.01. The van der Waals surface area contributed by atoms with E-state index in [4.69, 9.17) is 5.11 Å². The number of hydrogen-bond acceptors (Lipinski definition) is 3. The van der Waals surface area contributed by atoms with Crippen molar-refractivity contribution in [3.8, 4) is 11.1 Å². The topological polar surface area (TPSA) is 83.5 Å². The lowest BCUT2D eigenvalue weighted by atomic mass is 9.99. The summed E-state index contributed by atoms with van der Waals surface area (Å²) in [5.41, 5.74) is 2.75. The molecule has 128 valence electrons. The van der Waals surface area contributed by atoms with Gasteiger partial charge in [0.05, 0.1) is 10.3 Å². The van der Waals surface area contributed by atoms with Gasteiger partial charge in [-0.25, -0.2) is 17.9 Å². The van der Waals surface area contributed by atoms with E-state index in [1.54, 1.807) is 32.9 Å². The Morgan fingerprint density at radius 1 is 1.04 bits per heavy atom. The number of carboxylic acids is 1. The predicted octanol–water partition coefficient (Wildman–Crippen LogP) is 3.27. The number of benzene rings is 2. The van der Waals surface area contributed by atoms with E-state index in [9.17, 15) is 13.2 Å². The largest absolute Gasteiger partial charge is 0.478 e. The summed E-state index contributed by atoms with van der Waals surface area (Å²) >= 11 is 0. The van der Waals surface area contributed by atoms with Crippen LogP contribution in [-0.4, -0.2) is 24.2 Å². The number of nitrogens with one attached hydrogen (secondary N) is 1. The fourth-order valence-corrected chi connectivity index (χ4v) is 2.92. The van der Waals surface area contributed by atoms with Crippen molar-refractivity contribution >= 4 is 16.0 Å². The van der Waals surface area contributed by atoms with Crippen LogP contribution >= 0.6 is 0 Å². The average molecular weight is 347 g/mol. The van der Waals surface area contributed by atoms with Gasteiger partial charge in [-0.3, -0.25) is 0 Å². The van der Waals surface area contributed by atoms with Crippen LogP contribution in [0.15, 0.2) is 48.5 Å². The lowest BCUT2D eigenvalue weighted by molar-refractivity contribution is 0.0697. The lowest BCUT2D eigenvalue weighted by Crippen LogP contribution is -2.39. The van der Waals surface area contributed by atoms with Crippen LogP contribution in [0.4, 0.5) is 0 Å². The Bertz CT molecular complexity index is 834. The second-order valence-electron chi connectivity index (χ2n) is 6.48. The van der Waals surface area contributed by atoms with Crippen molar-refractivity contribution in [2.75, 3.05) is 0 Å². The van der Waals surface area contributed by atoms with Crippen molar-refractivity contribution in [3.63, 3.8) is 0 Å². The normalized spacial score (nSPS) is 12.1. The second-order valence-corrected chi connectivity index (χ2v) is 9.00. The van der Waals surface area contributed by atoms with E-state index >= 15 is 0 Å². The summed E-state index contributed by atoms with van der Waals surface area (Å²) in [7, 11) is -3.44. The minimum absolute atomic E-state index is 0.177. The van der Waals surface area contributed by atoms with Gasteiger partial charge in [0.2, 0.25) is 10.0 Å².